The summed E-state index contributed by atoms with van der Waals surface area (Å²) in [6.45, 7) is 0. The molecule has 2 heterocycles. The van der Waals surface area contributed by atoms with E-state index in [0.717, 1.165) is 29.3 Å². The molecule has 2 aromatic rings. The van der Waals surface area contributed by atoms with Gasteiger partial charge in [0.15, 0.2) is 0 Å². The first-order chi connectivity index (χ1) is 9.31. The number of aromatic nitrogens is 3. The fraction of sp³-hybridized carbons (Fsp3) is 0.600. The molecule has 0 aromatic carbocycles. The normalized spacial score (nSPS) is 31.1. The van der Waals surface area contributed by atoms with Gasteiger partial charge in [-0.2, -0.15) is 5.10 Å². The third-order valence-corrected chi connectivity index (χ3v) is 5.12. The first-order valence-electron chi connectivity index (χ1n) is 7.26. The molecule has 4 nitrogen and oxygen atoms in total. The van der Waals surface area contributed by atoms with Crippen molar-refractivity contribution in [3.8, 4) is 0 Å². The van der Waals surface area contributed by atoms with Gasteiger partial charge in [-0.1, -0.05) is 6.42 Å². The maximum Gasteiger partial charge on any atom is 0.0902 e. The number of nitrogens with zero attached hydrogens (tertiary/aromatic N) is 3. The number of rotatable bonds is 3. The van der Waals surface area contributed by atoms with Crippen molar-refractivity contribution in [2.45, 2.75) is 38.2 Å². The third kappa shape index (κ3) is 1.86. The summed E-state index contributed by atoms with van der Waals surface area (Å²) in [7, 11) is 0. The van der Waals surface area contributed by atoms with Crippen molar-refractivity contribution in [2.24, 2.45) is 17.8 Å². The van der Waals surface area contributed by atoms with Gasteiger partial charge in [-0.15, -0.1) is 0 Å². The lowest BCUT2D eigenvalue weighted by molar-refractivity contribution is 0.127. The lowest BCUT2D eigenvalue weighted by atomic mass is 9.84. The van der Waals surface area contributed by atoms with Crippen molar-refractivity contribution in [3.05, 3.63) is 30.4 Å². The van der Waals surface area contributed by atoms with E-state index in [-0.39, 0.29) is 0 Å². The van der Waals surface area contributed by atoms with Crippen LogP contribution in [0.5, 0.6) is 0 Å². The summed E-state index contributed by atoms with van der Waals surface area (Å²) in [6.07, 6.45) is 13.1. The van der Waals surface area contributed by atoms with Gasteiger partial charge >= 0.3 is 0 Å². The highest BCUT2D eigenvalue weighted by Gasteiger charge is 2.40. The highest BCUT2D eigenvalue weighted by atomic mass is 16.3. The highest BCUT2D eigenvalue weighted by molar-refractivity contribution is 5.52. The fourth-order valence-corrected chi connectivity index (χ4v) is 4.19. The summed E-state index contributed by atoms with van der Waals surface area (Å²) in [5, 5.41) is 14.8. The zero-order valence-corrected chi connectivity index (χ0v) is 10.9. The molecule has 0 aliphatic heterocycles. The minimum Gasteiger partial charge on any atom is -0.388 e. The monoisotopic (exact) mass is 257 g/mol. The number of aliphatic hydroxyl groups excluding tert-OH is 1. The summed E-state index contributed by atoms with van der Waals surface area (Å²) in [5.41, 5.74) is 1.86. The Labute approximate surface area is 112 Å². The average molecular weight is 257 g/mol. The SMILES string of the molecule is OC(CC1CC2CCC1C2)c1cnn2ccncc12. The predicted molar refractivity (Wildman–Crippen MR) is 71.5 cm³/mol. The van der Waals surface area contributed by atoms with Crippen molar-refractivity contribution in [1.82, 2.24) is 14.6 Å². The molecule has 1 N–H and O–H groups in total. The summed E-state index contributed by atoms with van der Waals surface area (Å²) >= 11 is 0. The van der Waals surface area contributed by atoms with E-state index in [1.807, 2.05) is 6.20 Å². The number of hydrogen-bond donors (Lipinski definition) is 1. The molecular formula is C15H19N3O. The van der Waals surface area contributed by atoms with Crippen molar-refractivity contribution in [1.29, 1.82) is 0 Å². The zero-order valence-electron chi connectivity index (χ0n) is 10.9. The second-order valence-corrected chi connectivity index (χ2v) is 6.19. The van der Waals surface area contributed by atoms with Gasteiger partial charge in [-0.25, -0.2) is 4.52 Å². The Kier molecular flexibility index (Phi) is 2.58. The van der Waals surface area contributed by atoms with E-state index < -0.39 is 6.10 Å². The molecule has 2 saturated carbocycles. The van der Waals surface area contributed by atoms with Crippen LogP contribution in [0.4, 0.5) is 0 Å². The van der Waals surface area contributed by atoms with Crippen LogP contribution in [-0.2, 0) is 0 Å². The molecule has 4 heteroatoms. The van der Waals surface area contributed by atoms with E-state index in [2.05, 4.69) is 10.1 Å². The molecule has 4 rings (SSSR count). The van der Waals surface area contributed by atoms with Crippen molar-refractivity contribution in [3.63, 3.8) is 0 Å². The van der Waals surface area contributed by atoms with Crippen LogP contribution in [0.1, 0.15) is 43.8 Å². The van der Waals surface area contributed by atoms with Crippen LogP contribution in [0.15, 0.2) is 24.8 Å². The molecule has 4 unspecified atom stereocenters. The Morgan fingerprint density at radius 3 is 3.05 bits per heavy atom. The summed E-state index contributed by atoms with van der Waals surface area (Å²) < 4.78 is 1.78. The first kappa shape index (κ1) is 11.4. The van der Waals surface area contributed by atoms with Crippen LogP contribution in [0.3, 0.4) is 0 Å². The number of hydrogen-bond acceptors (Lipinski definition) is 3. The minimum absolute atomic E-state index is 0.397. The van der Waals surface area contributed by atoms with E-state index >= 15 is 0 Å². The second kappa shape index (κ2) is 4.30. The van der Waals surface area contributed by atoms with Crippen LogP contribution < -0.4 is 0 Å². The largest absolute Gasteiger partial charge is 0.388 e. The first-order valence-corrected chi connectivity index (χ1v) is 7.26. The van der Waals surface area contributed by atoms with E-state index in [9.17, 15) is 5.11 Å². The van der Waals surface area contributed by atoms with Crippen LogP contribution in [-0.4, -0.2) is 19.7 Å². The predicted octanol–water partition coefficient (Wildman–Crippen LogP) is 2.59. The molecule has 2 bridgehead atoms. The van der Waals surface area contributed by atoms with Crippen LogP contribution in [0.2, 0.25) is 0 Å². The highest BCUT2D eigenvalue weighted by Crippen LogP contribution is 2.51. The molecule has 0 saturated heterocycles. The molecule has 2 aliphatic carbocycles. The quantitative estimate of drug-likeness (QED) is 0.919. The molecule has 2 aliphatic rings. The van der Waals surface area contributed by atoms with E-state index in [1.165, 1.54) is 25.7 Å². The van der Waals surface area contributed by atoms with Gasteiger partial charge < -0.3 is 5.11 Å². The number of aliphatic hydroxyl groups is 1. The van der Waals surface area contributed by atoms with Crippen molar-refractivity contribution >= 4 is 5.52 Å². The van der Waals surface area contributed by atoms with Gasteiger partial charge in [0.25, 0.3) is 0 Å². The maximum absolute atomic E-state index is 10.5. The van der Waals surface area contributed by atoms with Gasteiger partial charge in [0.1, 0.15) is 0 Å². The molecular weight excluding hydrogens is 238 g/mol. The molecule has 0 amide bonds. The zero-order chi connectivity index (χ0) is 12.8. The fourth-order valence-electron chi connectivity index (χ4n) is 4.19. The van der Waals surface area contributed by atoms with Crippen LogP contribution in [0, 0.1) is 17.8 Å². The minimum atomic E-state index is -0.397. The Morgan fingerprint density at radius 1 is 1.32 bits per heavy atom. The summed E-state index contributed by atoms with van der Waals surface area (Å²) in [6, 6.07) is 0. The van der Waals surface area contributed by atoms with Crippen LogP contribution in [0.25, 0.3) is 5.52 Å². The van der Waals surface area contributed by atoms with E-state index in [0.29, 0.717) is 5.92 Å². The summed E-state index contributed by atoms with van der Waals surface area (Å²) in [4.78, 5) is 4.13. The Hall–Kier alpha value is -1.42. The van der Waals surface area contributed by atoms with Crippen molar-refractivity contribution < 1.29 is 5.11 Å². The standard InChI is InChI=1S/C15H19N3O/c19-15(7-12-6-10-1-2-11(12)5-10)13-8-17-18-4-3-16-9-14(13)18/h3-4,8-12,15,19H,1-2,5-7H2. The van der Waals surface area contributed by atoms with Crippen LogP contribution >= 0.6 is 0 Å². The molecule has 4 atom stereocenters. The second-order valence-electron chi connectivity index (χ2n) is 6.19. The van der Waals surface area contributed by atoms with Gasteiger partial charge in [-0.3, -0.25) is 4.98 Å². The van der Waals surface area contributed by atoms with Gasteiger partial charge in [0.05, 0.1) is 24.0 Å². The van der Waals surface area contributed by atoms with Crippen molar-refractivity contribution in [2.75, 3.05) is 0 Å². The summed E-state index contributed by atoms with van der Waals surface area (Å²) in [5.74, 6) is 2.51. The van der Waals surface area contributed by atoms with Gasteiger partial charge in [0.2, 0.25) is 0 Å². The molecule has 2 fully saturated rings. The Balaban J connectivity index is 1.55. The molecule has 0 spiro atoms. The Morgan fingerprint density at radius 2 is 2.26 bits per heavy atom. The molecule has 0 radical (unpaired) electrons. The molecule has 19 heavy (non-hydrogen) atoms. The van der Waals surface area contributed by atoms with Gasteiger partial charge in [-0.05, 0) is 43.4 Å². The lowest BCUT2D eigenvalue weighted by Crippen LogP contribution is -2.14. The third-order valence-electron chi connectivity index (χ3n) is 5.12. The van der Waals surface area contributed by atoms with E-state index in [1.54, 1.807) is 23.1 Å². The molecule has 100 valence electrons. The maximum atomic E-state index is 10.5. The average Bonchev–Trinajstić information content (AvgIpc) is 3.13. The number of fused-ring (bicyclic) bond motifs is 3. The lowest BCUT2D eigenvalue weighted by Gasteiger charge is -2.23. The topological polar surface area (TPSA) is 50.4 Å². The Bertz CT molecular complexity index is 594. The molecule has 2 aromatic heterocycles. The van der Waals surface area contributed by atoms with Gasteiger partial charge in [0, 0.05) is 18.0 Å². The van der Waals surface area contributed by atoms with E-state index in [4.69, 9.17) is 0 Å². The smallest absolute Gasteiger partial charge is 0.0902 e.